The van der Waals surface area contributed by atoms with E-state index in [1.165, 1.54) is 12.8 Å². The summed E-state index contributed by atoms with van der Waals surface area (Å²) in [4.78, 5) is 6.61. The number of rotatable bonds is 4. The Hall–Kier alpha value is -0.550. The summed E-state index contributed by atoms with van der Waals surface area (Å²) >= 11 is 12.3. The van der Waals surface area contributed by atoms with E-state index < -0.39 is 0 Å². The van der Waals surface area contributed by atoms with E-state index in [4.69, 9.17) is 38.0 Å². The molecule has 4 nitrogen and oxygen atoms in total. The first-order chi connectivity index (χ1) is 9.19. The maximum absolute atomic E-state index is 8.93. The Morgan fingerprint density at radius 2 is 2.21 bits per heavy atom. The number of ether oxygens (including phenoxy) is 1. The van der Waals surface area contributed by atoms with Gasteiger partial charge in [0.2, 0.25) is 0 Å². The Balaban J connectivity index is 1.86. The van der Waals surface area contributed by atoms with Crippen LogP contribution in [0.25, 0.3) is 0 Å². The number of aliphatic hydroxyl groups excluding tert-OH is 1. The number of nitrogens with zero attached hydrogens (tertiary/aromatic N) is 2. The summed E-state index contributed by atoms with van der Waals surface area (Å²) in [5, 5.41) is 10.0. The Morgan fingerprint density at radius 1 is 1.42 bits per heavy atom. The molecule has 1 saturated carbocycles. The highest BCUT2D eigenvalue weighted by Gasteiger charge is 2.40. The van der Waals surface area contributed by atoms with Crippen LogP contribution in [0.5, 0.6) is 0 Å². The number of amidine groups is 1. The van der Waals surface area contributed by atoms with Gasteiger partial charge in [-0.1, -0.05) is 23.2 Å². The molecule has 19 heavy (non-hydrogen) atoms. The van der Waals surface area contributed by atoms with Crippen LogP contribution in [0.15, 0.2) is 27.3 Å². The van der Waals surface area contributed by atoms with E-state index in [0.29, 0.717) is 22.6 Å². The average Bonchev–Trinajstić information content (AvgIpc) is 3.20. The lowest BCUT2D eigenvalue weighted by Gasteiger charge is -2.38. The summed E-state index contributed by atoms with van der Waals surface area (Å²) in [6, 6.07) is 0.266. The molecule has 0 amide bonds. The van der Waals surface area contributed by atoms with Crippen LogP contribution in [0, 0.1) is 5.92 Å². The summed E-state index contributed by atoms with van der Waals surface area (Å²) in [5.74, 6) is 1.39. The van der Waals surface area contributed by atoms with Gasteiger partial charge in [-0.25, -0.2) is 0 Å². The topological polar surface area (TPSA) is 45.1 Å². The third-order valence-electron chi connectivity index (χ3n) is 3.59. The SMILES string of the molecule is OCCOC1CC(C2CC2)N=C2C(Cl)=CC(Cl)=CN21. The van der Waals surface area contributed by atoms with Crippen LogP contribution in [0.4, 0.5) is 0 Å². The fraction of sp³-hybridized carbons (Fsp3) is 0.615. The van der Waals surface area contributed by atoms with Crippen LogP contribution in [0.2, 0.25) is 0 Å². The zero-order chi connectivity index (χ0) is 13.4. The molecule has 3 rings (SSSR count). The smallest absolute Gasteiger partial charge is 0.149 e. The molecule has 3 aliphatic rings. The number of halogens is 2. The molecule has 2 atom stereocenters. The molecule has 2 heterocycles. The van der Waals surface area contributed by atoms with Crippen molar-refractivity contribution in [3.63, 3.8) is 0 Å². The third-order valence-corrected chi connectivity index (χ3v) is 4.08. The third kappa shape index (κ3) is 2.82. The van der Waals surface area contributed by atoms with Crippen molar-refractivity contribution in [3.8, 4) is 0 Å². The second-order valence-electron chi connectivity index (χ2n) is 5.06. The monoisotopic (exact) mass is 302 g/mol. The molecule has 1 aliphatic carbocycles. The first-order valence-electron chi connectivity index (χ1n) is 6.52. The maximum Gasteiger partial charge on any atom is 0.149 e. The fourth-order valence-electron chi connectivity index (χ4n) is 2.53. The lowest BCUT2D eigenvalue weighted by atomic mass is 10.0. The number of fused-ring (bicyclic) bond motifs is 1. The lowest BCUT2D eigenvalue weighted by molar-refractivity contribution is -0.0376. The molecular weight excluding hydrogens is 287 g/mol. The van der Waals surface area contributed by atoms with E-state index in [-0.39, 0.29) is 18.9 Å². The Labute approximate surface area is 122 Å². The molecule has 0 spiro atoms. The van der Waals surface area contributed by atoms with E-state index in [1.54, 1.807) is 12.3 Å². The highest BCUT2D eigenvalue weighted by Crippen LogP contribution is 2.40. The van der Waals surface area contributed by atoms with Crippen molar-refractivity contribution in [2.45, 2.75) is 31.5 Å². The summed E-state index contributed by atoms with van der Waals surface area (Å²) < 4.78 is 5.71. The van der Waals surface area contributed by atoms with Crippen LogP contribution < -0.4 is 0 Å². The van der Waals surface area contributed by atoms with Gasteiger partial charge in [0.05, 0.1) is 29.3 Å². The number of allylic oxidation sites excluding steroid dienone is 2. The summed E-state index contributed by atoms with van der Waals surface area (Å²) in [5.41, 5.74) is 0. The zero-order valence-corrected chi connectivity index (χ0v) is 11.9. The second kappa shape index (κ2) is 5.44. The van der Waals surface area contributed by atoms with Crippen LogP contribution in [-0.2, 0) is 4.74 Å². The van der Waals surface area contributed by atoms with Gasteiger partial charge in [0, 0.05) is 12.6 Å². The van der Waals surface area contributed by atoms with E-state index in [2.05, 4.69) is 0 Å². The molecule has 104 valence electrons. The Bertz CT molecular complexity index is 458. The lowest BCUT2D eigenvalue weighted by Crippen LogP contribution is -2.46. The molecule has 0 aromatic heterocycles. The first-order valence-corrected chi connectivity index (χ1v) is 7.28. The summed E-state index contributed by atoms with van der Waals surface area (Å²) in [7, 11) is 0. The van der Waals surface area contributed by atoms with Gasteiger partial charge in [0.15, 0.2) is 0 Å². The molecule has 0 radical (unpaired) electrons. The molecule has 0 aromatic rings. The van der Waals surface area contributed by atoms with Gasteiger partial charge in [-0.15, -0.1) is 0 Å². The minimum Gasteiger partial charge on any atom is -0.394 e. The Kier molecular flexibility index (Phi) is 3.85. The second-order valence-corrected chi connectivity index (χ2v) is 5.90. The molecule has 2 unspecified atom stereocenters. The first kappa shape index (κ1) is 13.4. The molecule has 1 fully saturated rings. The van der Waals surface area contributed by atoms with Gasteiger partial charge in [-0.3, -0.25) is 4.99 Å². The van der Waals surface area contributed by atoms with E-state index in [1.807, 2.05) is 4.90 Å². The van der Waals surface area contributed by atoms with Gasteiger partial charge >= 0.3 is 0 Å². The van der Waals surface area contributed by atoms with Crippen LogP contribution in [0.3, 0.4) is 0 Å². The van der Waals surface area contributed by atoms with E-state index >= 15 is 0 Å². The van der Waals surface area contributed by atoms with Crippen molar-refractivity contribution in [3.05, 3.63) is 22.3 Å². The van der Waals surface area contributed by atoms with Crippen molar-refractivity contribution < 1.29 is 9.84 Å². The predicted molar refractivity (Wildman–Crippen MR) is 75.1 cm³/mol. The molecule has 0 aromatic carbocycles. The number of aliphatic hydroxyl groups is 1. The van der Waals surface area contributed by atoms with Crippen molar-refractivity contribution in [1.29, 1.82) is 0 Å². The van der Waals surface area contributed by atoms with Gasteiger partial charge in [-0.2, -0.15) is 0 Å². The van der Waals surface area contributed by atoms with Crippen molar-refractivity contribution in [1.82, 2.24) is 4.90 Å². The highest BCUT2D eigenvalue weighted by molar-refractivity contribution is 6.45. The van der Waals surface area contributed by atoms with Gasteiger partial charge in [0.25, 0.3) is 0 Å². The highest BCUT2D eigenvalue weighted by atomic mass is 35.5. The quantitative estimate of drug-likeness (QED) is 0.867. The molecule has 0 saturated heterocycles. The van der Waals surface area contributed by atoms with Crippen molar-refractivity contribution in [2.75, 3.05) is 13.2 Å². The molecule has 0 bridgehead atoms. The van der Waals surface area contributed by atoms with Crippen molar-refractivity contribution >= 4 is 29.0 Å². The van der Waals surface area contributed by atoms with Crippen molar-refractivity contribution in [2.24, 2.45) is 10.9 Å². The minimum absolute atomic E-state index is 0.00588. The number of hydrogen-bond donors (Lipinski definition) is 1. The van der Waals surface area contributed by atoms with Gasteiger partial charge < -0.3 is 14.7 Å². The van der Waals surface area contributed by atoms with Gasteiger partial charge in [-0.05, 0) is 24.8 Å². The number of hydrogen-bond acceptors (Lipinski definition) is 4. The standard InChI is InChI=1S/C13H16Cl2N2O2/c14-9-5-10(15)13-16-11(8-1-2-8)6-12(17(13)7-9)19-4-3-18/h5,7-8,11-12,18H,1-4,6H2. The molecule has 2 aliphatic heterocycles. The van der Waals surface area contributed by atoms with Crippen LogP contribution >= 0.6 is 23.2 Å². The number of aliphatic imine (C=N–C) groups is 1. The molecular formula is C13H16Cl2N2O2. The maximum atomic E-state index is 8.93. The largest absolute Gasteiger partial charge is 0.394 e. The Morgan fingerprint density at radius 3 is 2.89 bits per heavy atom. The average molecular weight is 303 g/mol. The summed E-state index contributed by atoms with van der Waals surface area (Å²) in [6.07, 6.45) is 6.62. The fourth-order valence-corrected chi connectivity index (χ4v) is 3.07. The van der Waals surface area contributed by atoms with E-state index in [0.717, 1.165) is 12.3 Å². The molecule has 6 heteroatoms. The summed E-state index contributed by atoms with van der Waals surface area (Å²) in [6.45, 7) is 0.310. The zero-order valence-electron chi connectivity index (χ0n) is 10.4. The minimum atomic E-state index is -0.151. The van der Waals surface area contributed by atoms with Crippen LogP contribution in [0.1, 0.15) is 19.3 Å². The predicted octanol–water partition coefficient (Wildman–Crippen LogP) is 2.42. The van der Waals surface area contributed by atoms with E-state index in [9.17, 15) is 0 Å². The normalized spacial score (nSPS) is 30.5. The molecule has 1 N–H and O–H groups in total. The van der Waals surface area contributed by atoms with Crippen LogP contribution in [-0.4, -0.2) is 41.3 Å². The van der Waals surface area contributed by atoms with Gasteiger partial charge in [0.1, 0.15) is 12.1 Å².